The highest BCUT2D eigenvalue weighted by Crippen LogP contribution is 2.24. The number of nitrogens with one attached hydrogen (secondary N) is 1. The predicted molar refractivity (Wildman–Crippen MR) is 77.4 cm³/mol. The van der Waals surface area contributed by atoms with Crippen LogP contribution in [0.5, 0.6) is 5.75 Å². The number of benzene rings is 1. The fourth-order valence-corrected chi connectivity index (χ4v) is 2.71. The molecule has 1 atom stereocenters. The zero-order chi connectivity index (χ0) is 12.8. The number of hydrogen-bond donors (Lipinski definition) is 1. The van der Waals surface area contributed by atoms with Crippen LogP contribution in [0.3, 0.4) is 0 Å². The molecule has 0 aliphatic heterocycles. The molecule has 0 saturated heterocycles. The first kappa shape index (κ1) is 13.1. The quantitative estimate of drug-likeness (QED) is 0.857. The smallest absolute Gasteiger partial charge is 0.123 e. The summed E-state index contributed by atoms with van der Waals surface area (Å²) in [6.07, 6.45) is 1.07. The van der Waals surface area contributed by atoms with Crippen LogP contribution in [0.1, 0.15) is 24.1 Å². The topological polar surface area (TPSA) is 21.3 Å². The van der Waals surface area contributed by atoms with Crippen LogP contribution < -0.4 is 10.1 Å². The molecule has 0 aliphatic rings. The molecule has 0 amide bonds. The van der Waals surface area contributed by atoms with Crippen LogP contribution >= 0.6 is 11.3 Å². The number of para-hydroxylation sites is 1. The Morgan fingerprint density at radius 2 is 2.11 bits per heavy atom. The van der Waals surface area contributed by atoms with Crippen LogP contribution in [0.2, 0.25) is 0 Å². The van der Waals surface area contributed by atoms with E-state index in [0.717, 1.165) is 18.7 Å². The van der Waals surface area contributed by atoms with Gasteiger partial charge in [-0.1, -0.05) is 18.2 Å². The molecule has 1 N–H and O–H groups in total. The van der Waals surface area contributed by atoms with E-state index < -0.39 is 0 Å². The number of rotatable bonds is 6. The zero-order valence-electron chi connectivity index (χ0n) is 10.8. The highest BCUT2D eigenvalue weighted by atomic mass is 32.1. The molecule has 0 aliphatic carbocycles. The molecule has 0 saturated carbocycles. The van der Waals surface area contributed by atoms with Crippen molar-refractivity contribution >= 4 is 11.3 Å². The van der Waals surface area contributed by atoms with Gasteiger partial charge < -0.3 is 10.1 Å². The van der Waals surface area contributed by atoms with E-state index >= 15 is 0 Å². The highest BCUT2D eigenvalue weighted by Gasteiger charge is 2.09. The second-order valence-electron chi connectivity index (χ2n) is 4.30. The van der Waals surface area contributed by atoms with Gasteiger partial charge >= 0.3 is 0 Å². The largest absolute Gasteiger partial charge is 0.496 e. The first-order valence-electron chi connectivity index (χ1n) is 6.18. The van der Waals surface area contributed by atoms with E-state index in [9.17, 15) is 0 Å². The van der Waals surface area contributed by atoms with Crippen LogP contribution in [0, 0.1) is 0 Å². The number of methoxy groups -OCH3 is 1. The lowest BCUT2D eigenvalue weighted by atomic mass is 10.1. The van der Waals surface area contributed by atoms with Crippen LogP contribution in [0.4, 0.5) is 0 Å². The second-order valence-corrected chi connectivity index (χ2v) is 5.08. The molecule has 96 valence electrons. The van der Waals surface area contributed by atoms with Crippen molar-refractivity contribution in [3.63, 3.8) is 0 Å². The number of hydrogen-bond acceptors (Lipinski definition) is 3. The summed E-state index contributed by atoms with van der Waals surface area (Å²) in [4.78, 5) is 0. The van der Waals surface area contributed by atoms with E-state index in [4.69, 9.17) is 4.74 Å². The Hall–Kier alpha value is -1.32. The average molecular weight is 261 g/mol. The third kappa shape index (κ3) is 3.34. The summed E-state index contributed by atoms with van der Waals surface area (Å²) in [5, 5.41) is 7.86. The minimum atomic E-state index is 0.305. The molecule has 2 aromatic rings. The van der Waals surface area contributed by atoms with Crippen LogP contribution in [-0.2, 0) is 6.42 Å². The highest BCUT2D eigenvalue weighted by molar-refractivity contribution is 7.07. The summed E-state index contributed by atoms with van der Waals surface area (Å²) in [5.74, 6) is 0.952. The average Bonchev–Trinajstić information content (AvgIpc) is 2.91. The van der Waals surface area contributed by atoms with Gasteiger partial charge in [-0.05, 0) is 48.3 Å². The van der Waals surface area contributed by atoms with Crippen molar-refractivity contribution in [3.8, 4) is 5.75 Å². The minimum Gasteiger partial charge on any atom is -0.496 e. The van der Waals surface area contributed by atoms with Crippen LogP contribution in [-0.4, -0.2) is 13.7 Å². The van der Waals surface area contributed by atoms with Crippen LogP contribution in [0.25, 0.3) is 0 Å². The van der Waals surface area contributed by atoms with Gasteiger partial charge in [-0.2, -0.15) is 11.3 Å². The summed E-state index contributed by atoms with van der Waals surface area (Å²) >= 11 is 1.75. The van der Waals surface area contributed by atoms with Crippen molar-refractivity contribution in [1.29, 1.82) is 0 Å². The molecular formula is C15H19NOS. The molecule has 1 aromatic carbocycles. The van der Waals surface area contributed by atoms with Gasteiger partial charge in [-0.15, -0.1) is 0 Å². The Balaban J connectivity index is 1.89. The van der Waals surface area contributed by atoms with Crippen molar-refractivity contribution < 1.29 is 4.74 Å². The Morgan fingerprint density at radius 3 is 2.83 bits per heavy atom. The monoisotopic (exact) mass is 261 g/mol. The van der Waals surface area contributed by atoms with Crippen molar-refractivity contribution in [2.45, 2.75) is 19.4 Å². The molecular weight excluding hydrogens is 242 g/mol. The molecule has 2 nitrogen and oxygen atoms in total. The van der Waals surface area contributed by atoms with Gasteiger partial charge in [0, 0.05) is 11.6 Å². The van der Waals surface area contributed by atoms with Crippen molar-refractivity contribution in [2.75, 3.05) is 13.7 Å². The molecule has 0 bridgehead atoms. The Labute approximate surface area is 113 Å². The first-order valence-corrected chi connectivity index (χ1v) is 7.13. The van der Waals surface area contributed by atoms with Gasteiger partial charge in [0.2, 0.25) is 0 Å². The van der Waals surface area contributed by atoms with Gasteiger partial charge in [-0.3, -0.25) is 0 Å². The van der Waals surface area contributed by atoms with Crippen molar-refractivity contribution in [3.05, 3.63) is 52.2 Å². The van der Waals surface area contributed by atoms with E-state index in [2.05, 4.69) is 41.2 Å². The molecule has 2 rings (SSSR count). The molecule has 0 radical (unpaired) electrons. The SMILES string of the molecule is COc1ccccc1[C@@H](C)NCCc1ccsc1. The maximum Gasteiger partial charge on any atom is 0.123 e. The lowest BCUT2D eigenvalue weighted by Gasteiger charge is -2.17. The molecule has 1 aromatic heterocycles. The minimum absolute atomic E-state index is 0.305. The zero-order valence-corrected chi connectivity index (χ0v) is 11.7. The summed E-state index contributed by atoms with van der Waals surface area (Å²) in [6.45, 7) is 3.15. The van der Waals surface area contributed by atoms with E-state index in [1.807, 2.05) is 12.1 Å². The fraction of sp³-hybridized carbons (Fsp3) is 0.333. The lowest BCUT2D eigenvalue weighted by molar-refractivity contribution is 0.402. The number of thiophene rings is 1. The maximum atomic E-state index is 5.38. The Bertz CT molecular complexity index is 467. The van der Waals surface area contributed by atoms with Crippen LogP contribution in [0.15, 0.2) is 41.1 Å². The Kier molecular flexibility index (Phi) is 4.79. The lowest BCUT2D eigenvalue weighted by Crippen LogP contribution is -2.21. The van der Waals surface area contributed by atoms with Gasteiger partial charge in [0.1, 0.15) is 5.75 Å². The van der Waals surface area contributed by atoms with Gasteiger partial charge in [0.25, 0.3) is 0 Å². The van der Waals surface area contributed by atoms with Gasteiger partial charge in [0.05, 0.1) is 7.11 Å². The van der Waals surface area contributed by atoms with Gasteiger partial charge in [-0.25, -0.2) is 0 Å². The van der Waals surface area contributed by atoms with Gasteiger partial charge in [0.15, 0.2) is 0 Å². The maximum absolute atomic E-state index is 5.38. The summed E-state index contributed by atoms with van der Waals surface area (Å²) < 4.78 is 5.38. The molecule has 18 heavy (non-hydrogen) atoms. The van der Waals surface area contributed by atoms with Crippen molar-refractivity contribution in [2.24, 2.45) is 0 Å². The summed E-state index contributed by atoms with van der Waals surface area (Å²) in [5.41, 5.74) is 2.62. The second kappa shape index (κ2) is 6.57. The molecule has 0 fully saturated rings. The van der Waals surface area contributed by atoms with E-state index in [1.54, 1.807) is 18.4 Å². The molecule has 3 heteroatoms. The standard InChI is InChI=1S/C15H19NOS/c1-12(14-5-3-4-6-15(14)17-2)16-9-7-13-8-10-18-11-13/h3-6,8,10-12,16H,7,9H2,1-2H3/t12-/m1/s1. The van der Waals surface area contributed by atoms with E-state index in [0.29, 0.717) is 6.04 Å². The third-order valence-corrected chi connectivity index (χ3v) is 3.78. The predicted octanol–water partition coefficient (Wildman–Crippen LogP) is 3.65. The number of ether oxygens (including phenoxy) is 1. The van der Waals surface area contributed by atoms with E-state index in [1.165, 1.54) is 11.1 Å². The van der Waals surface area contributed by atoms with E-state index in [-0.39, 0.29) is 0 Å². The summed E-state index contributed by atoms with van der Waals surface area (Å²) in [7, 11) is 1.72. The molecule has 0 spiro atoms. The fourth-order valence-electron chi connectivity index (χ4n) is 2.00. The first-order chi connectivity index (χ1) is 8.81. The summed E-state index contributed by atoms with van der Waals surface area (Å²) in [6, 6.07) is 10.7. The Morgan fingerprint density at radius 1 is 1.28 bits per heavy atom. The third-order valence-electron chi connectivity index (χ3n) is 3.05. The normalized spacial score (nSPS) is 12.3. The molecule has 1 heterocycles. The van der Waals surface area contributed by atoms with Crippen molar-refractivity contribution in [1.82, 2.24) is 5.32 Å². The molecule has 0 unspecified atom stereocenters.